The molecule has 2 saturated heterocycles. The lowest BCUT2D eigenvalue weighted by Gasteiger charge is -2.30. The van der Waals surface area contributed by atoms with Gasteiger partial charge in [-0.1, -0.05) is 220 Å². The highest BCUT2D eigenvalue weighted by Gasteiger charge is 2.38. The zero-order valence-electron chi connectivity index (χ0n) is 55.5. The van der Waals surface area contributed by atoms with Gasteiger partial charge in [0.2, 0.25) is 11.8 Å². The zero-order valence-corrected chi connectivity index (χ0v) is 55.5. The summed E-state index contributed by atoms with van der Waals surface area (Å²) in [4.78, 5) is 67.1. The molecular weight excluding hydrogens is 1200 g/mol. The monoisotopic (exact) mass is 1300 g/mol. The maximum absolute atomic E-state index is 14.4. The third kappa shape index (κ3) is 21.1. The van der Waals surface area contributed by atoms with Gasteiger partial charge in [-0.15, -0.1) is 0 Å². The Labute approximate surface area is 565 Å². The van der Waals surface area contributed by atoms with E-state index in [1.165, 1.54) is 0 Å². The van der Waals surface area contributed by atoms with Crippen molar-refractivity contribution in [3.05, 3.63) is 240 Å². The van der Waals surface area contributed by atoms with E-state index in [1.54, 1.807) is 0 Å². The van der Waals surface area contributed by atoms with E-state index in [-0.39, 0.29) is 59.7 Å². The molecule has 12 N–H and O–H groups in total. The summed E-state index contributed by atoms with van der Waals surface area (Å²) < 4.78 is 11.0. The number of nitrogens with zero attached hydrogens (tertiary/aromatic N) is 4. The van der Waals surface area contributed by atoms with Crippen LogP contribution in [0.5, 0.6) is 0 Å². The quantitative estimate of drug-likeness (QED) is 0.0129. The van der Waals surface area contributed by atoms with Crippen molar-refractivity contribution in [3.63, 3.8) is 0 Å². The standard InChI is InChI=1S/2C39H48N6O3/c2*1-2-24-48-39(47)44-36(26-28-19-20-29-12-9-10-17-32(29)25-28)34-21-23-45(37(46)35(43-34)18-11-22-42-38(40)41)27-33(30-13-5-3-6-14-30)31-15-7-4-8-16-31/h2*3-10,12-17,19-20,25,33-36,43H,2,11,18,21-24,26-27H2,1H3,(H,44,47)(H4,40,41,42)/t34-,35+,36+;34-,35-,36-/m10/s1. The van der Waals surface area contributed by atoms with Crippen molar-refractivity contribution in [1.82, 2.24) is 31.1 Å². The van der Waals surface area contributed by atoms with E-state index >= 15 is 0 Å². The van der Waals surface area contributed by atoms with E-state index in [4.69, 9.17) is 32.4 Å². The number of alkyl carbamates (subject to hydrolysis) is 2. The Morgan fingerprint density at radius 3 is 1.15 bits per heavy atom. The van der Waals surface area contributed by atoms with Gasteiger partial charge in [0.05, 0.1) is 37.4 Å². The van der Waals surface area contributed by atoms with Gasteiger partial charge in [-0.2, -0.15) is 0 Å². The van der Waals surface area contributed by atoms with E-state index in [0.29, 0.717) is 104 Å². The first-order chi connectivity index (χ1) is 46.8. The smallest absolute Gasteiger partial charge is 0.407 e. The molecule has 8 aromatic rings. The molecule has 0 spiro atoms. The molecule has 8 aromatic carbocycles. The van der Waals surface area contributed by atoms with Gasteiger partial charge in [0.1, 0.15) is 0 Å². The number of benzene rings is 8. The Morgan fingerprint density at radius 2 is 0.812 bits per heavy atom. The second kappa shape index (κ2) is 36.8. The van der Waals surface area contributed by atoms with Crippen molar-refractivity contribution >= 4 is 57.5 Å². The minimum absolute atomic E-state index is 0.00531. The average Bonchev–Trinajstić information content (AvgIpc) is 1.54. The lowest BCUT2D eigenvalue weighted by molar-refractivity contribution is -0.133. The Balaban J connectivity index is 0.000000225. The van der Waals surface area contributed by atoms with Gasteiger partial charge < -0.3 is 63.5 Å². The van der Waals surface area contributed by atoms with Crippen molar-refractivity contribution < 1.29 is 28.7 Å². The van der Waals surface area contributed by atoms with Gasteiger partial charge in [0, 0.05) is 63.2 Å². The second-order valence-corrected chi connectivity index (χ2v) is 25.0. The number of nitrogens with one attached hydrogen (secondary N) is 4. The molecule has 0 aliphatic carbocycles. The highest BCUT2D eigenvalue weighted by molar-refractivity contribution is 5.85. The van der Waals surface area contributed by atoms with Gasteiger partial charge in [-0.25, -0.2) is 9.59 Å². The van der Waals surface area contributed by atoms with Crippen LogP contribution in [0.25, 0.3) is 21.5 Å². The van der Waals surface area contributed by atoms with E-state index < -0.39 is 24.3 Å². The summed E-state index contributed by atoms with van der Waals surface area (Å²) in [6.07, 6.45) is 5.38. The lowest BCUT2D eigenvalue weighted by atomic mass is 9.90. The minimum Gasteiger partial charge on any atom is -0.450 e. The number of nitrogens with two attached hydrogens (primary N) is 4. The molecule has 96 heavy (non-hydrogen) atoms. The van der Waals surface area contributed by atoms with Crippen molar-refractivity contribution in [1.29, 1.82) is 0 Å². The molecule has 10 rings (SSSR count). The highest BCUT2D eigenvalue weighted by atomic mass is 16.6. The van der Waals surface area contributed by atoms with Crippen LogP contribution in [0, 0.1) is 0 Å². The summed E-state index contributed by atoms with van der Waals surface area (Å²) in [5.74, 6) is 0.160. The van der Waals surface area contributed by atoms with Crippen LogP contribution in [0.3, 0.4) is 0 Å². The van der Waals surface area contributed by atoms with Gasteiger partial charge >= 0.3 is 12.2 Å². The number of hydrogen-bond acceptors (Lipinski definition) is 10. The molecular formula is C78H96N12O6. The Kier molecular flexibility index (Phi) is 27.0. The third-order valence-electron chi connectivity index (χ3n) is 18.0. The molecule has 0 saturated carbocycles. The first-order valence-corrected chi connectivity index (χ1v) is 34.0. The third-order valence-corrected chi connectivity index (χ3v) is 18.0. The Morgan fingerprint density at radius 1 is 0.479 bits per heavy atom. The van der Waals surface area contributed by atoms with Crippen molar-refractivity contribution in [2.75, 3.05) is 52.5 Å². The van der Waals surface area contributed by atoms with E-state index in [2.05, 4.69) is 140 Å². The van der Waals surface area contributed by atoms with Crippen LogP contribution in [0.1, 0.15) is 110 Å². The van der Waals surface area contributed by atoms with Crippen LogP contribution >= 0.6 is 0 Å². The molecule has 4 amide bonds. The predicted molar refractivity (Wildman–Crippen MR) is 386 cm³/mol. The topological polar surface area (TPSA) is 270 Å². The molecule has 0 radical (unpaired) electrons. The molecule has 0 bridgehead atoms. The number of carbonyl (C=O) groups is 4. The van der Waals surface area contributed by atoms with Crippen molar-refractivity contribution in [2.45, 2.75) is 126 Å². The molecule has 0 unspecified atom stereocenters. The largest absolute Gasteiger partial charge is 0.450 e. The van der Waals surface area contributed by atoms with Crippen LogP contribution in [0.2, 0.25) is 0 Å². The molecule has 2 fully saturated rings. The summed E-state index contributed by atoms with van der Waals surface area (Å²) in [5.41, 5.74) is 29.2. The minimum atomic E-state index is -0.480. The van der Waals surface area contributed by atoms with Crippen LogP contribution in [0.4, 0.5) is 9.59 Å². The van der Waals surface area contributed by atoms with Crippen LogP contribution in [-0.2, 0) is 31.9 Å². The average molecular weight is 1300 g/mol. The lowest BCUT2D eigenvalue weighted by Crippen LogP contribution is -2.55. The number of aliphatic imine (C=N–C) groups is 2. The van der Waals surface area contributed by atoms with Gasteiger partial charge in [0.25, 0.3) is 0 Å². The molecule has 6 atom stereocenters. The fourth-order valence-corrected chi connectivity index (χ4v) is 13.1. The molecule has 0 aromatic heterocycles. The number of amides is 4. The van der Waals surface area contributed by atoms with Crippen LogP contribution in [-0.4, -0.2) is 134 Å². The predicted octanol–water partition coefficient (Wildman–Crippen LogP) is 10.7. The summed E-state index contributed by atoms with van der Waals surface area (Å²) in [5, 5.41) is 18.3. The van der Waals surface area contributed by atoms with Crippen LogP contribution in [0.15, 0.2) is 216 Å². The Hall–Kier alpha value is -9.78. The highest BCUT2D eigenvalue weighted by Crippen LogP contribution is 2.31. The molecule has 18 nitrogen and oxygen atoms in total. The van der Waals surface area contributed by atoms with E-state index in [1.807, 2.05) is 121 Å². The van der Waals surface area contributed by atoms with Gasteiger partial charge in [-0.3, -0.25) is 19.6 Å². The normalized spacial score (nSPS) is 17.1. The molecule has 2 heterocycles. The number of fused-ring (bicyclic) bond motifs is 2. The van der Waals surface area contributed by atoms with Gasteiger partial charge in [-0.05, 0) is 119 Å². The van der Waals surface area contributed by atoms with Crippen molar-refractivity contribution in [2.24, 2.45) is 32.9 Å². The summed E-state index contributed by atoms with van der Waals surface area (Å²) in [6, 6.07) is 68.7. The van der Waals surface area contributed by atoms with E-state index in [0.717, 1.165) is 67.8 Å². The van der Waals surface area contributed by atoms with Gasteiger partial charge in [0.15, 0.2) is 11.9 Å². The fourth-order valence-electron chi connectivity index (χ4n) is 13.1. The summed E-state index contributed by atoms with van der Waals surface area (Å²) >= 11 is 0. The molecule has 2 aliphatic rings. The van der Waals surface area contributed by atoms with Crippen molar-refractivity contribution in [3.8, 4) is 0 Å². The number of guanidine groups is 2. The summed E-state index contributed by atoms with van der Waals surface area (Å²) in [6.45, 7) is 7.62. The SMILES string of the molecule is CCCOC(=O)N[C@@H](Cc1ccc2ccccc2c1)[C@@H]1CCN(CC(c2ccccc2)c2ccccc2)C(=O)[C@H](CCCN=C(N)N)N1.CCCOC(=O)N[C@@H](Cc1ccc2ccccc2c1)[C@H]1CCN(CC(c2ccccc2)c2ccccc2)C(=O)[C@H](CCCN=C(N)N)N1. The maximum Gasteiger partial charge on any atom is 0.407 e. The summed E-state index contributed by atoms with van der Waals surface area (Å²) in [7, 11) is 0. The zero-order chi connectivity index (χ0) is 67.4. The molecule has 18 heteroatoms. The fraction of sp³-hybridized carbons (Fsp3) is 0.359. The number of ether oxygens (including phenoxy) is 2. The van der Waals surface area contributed by atoms with E-state index in [9.17, 15) is 19.2 Å². The first kappa shape index (κ1) is 70.5. The second-order valence-electron chi connectivity index (χ2n) is 25.0. The molecule has 2 aliphatic heterocycles. The number of hydrogen-bond donors (Lipinski definition) is 8. The maximum atomic E-state index is 14.4. The number of carbonyl (C=O) groups excluding carboxylic acids is 4. The Bertz CT molecular complexity index is 3450. The number of rotatable bonds is 28. The first-order valence-electron chi connectivity index (χ1n) is 34.0. The molecule has 504 valence electrons. The van der Waals surface area contributed by atoms with Crippen LogP contribution < -0.4 is 44.2 Å².